The minimum Gasteiger partial charge on any atom is -0.341 e. The Morgan fingerprint density at radius 2 is 1.35 bits per heavy atom. The lowest BCUT2D eigenvalue weighted by Gasteiger charge is -2.08. The fourth-order valence-electron chi connectivity index (χ4n) is 2.00. The molecule has 0 unspecified atom stereocenters. The Hall–Kier alpha value is -2.29. The van der Waals surface area contributed by atoms with E-state index in [1.807, 2.05) is 17.8 Å². The number of aromatic nitrogens is 2. The van der Waals surface area contributed by atoms with E-state index in [0.717, 1.165) is 0 Å². The molecule has 0 saturated carbocycles. The molecule has 3 aromatic rings. The van der Waals surface area contributed by atoms with Gasteiger partial charge in [-0.1, -0.05) is 78.4 Å². The van der Waals surface area contributed by atoms with Gasteiger partial charge in [-0.2, -0.15) is 0 Å². The van der Waals surface area contributed by atoms with Crippen LogP contribution < -0.4 is 10.9 Å². The Morgan fingerprint density at radius 3 is 1.65 bits per heavy atom. The maximum atomic E-state index is 3.78. The molecule has 0 atom stereocenters. The Kier molecular flexibility index (Phi) is 5.19. The van der Waals surface area contributed by atoms with Gasteiger partial charge >= 0.3 is 0 Å². The van der Waals surface area contributed by atoms with E-state index < -0.39 is 0 Å². The number of hydrogen-bond acceptors (Lipinski definition) is 1. The Morgan fingerprint density at radius 1 is 0.850 bits per heavy atom. The minimum atomic E-state index is 0.484. The lowest BCUT2D eigenvalue weighted by molar-refractivity contribution is 0.913. The van der Waals surface area contributed by atoms with Gasteiger partial charge in [-0.3, -0.25) is 0 Å². The van der Waals surface area contributed by atoms with Crippen molar-refractivity contribution in [1.82, 2.24) is 9.55 Å². The molecule has 20 heavy (non-hydrogen) atoms. The average molecular weight is 262 g/mol. The van der Waals surface area contributed by atoms with Gasteiger partial charge in [-0.05, 0) is 0 Å². The van der Waals surface area contributed by atoms with E-state index in [4.69, 9.17) is 0 Å². The van der Waals surface area contributed by atoms with Gasteiger partial charge in [-0.25, -0.2) is 4.98 Å². The van der Waals surface area contributed by atoms with Crippen molar-refractivity contribution < 1.29 is 0 Å². The molecule has 0 fully saturated rings. The van der Waals surface area contributed by atoms with Gasteiger partial charge in [0.1, 0.15) is 0 Å². The molecule has 0 amide bonds. The molecule has 3 rings (SSSR count). The van der Waals surface area contributed by atoms with Crippen LogP contribution >= 0.6 is 0 Å². The van der Waals surface area contributed by atoms with Crippen LogP contribution in [0.2, 0.25) is 6.82 Å². The third-order valence-electron chi connectivity index (χ3n) is 3.24. The summed E-state index contributed by atoms with van der Waals surface area (Å²) in [6.07, 6.45) is 5.39. The van der Waals surface area contributed by atoms with E-state index in [1.165, 1.54) is 10.9 Å². The first-order valence-electron chi connectivity index (χ1n) is 6.79. The van der Waals surface area contributed by atoms with Crippen molar-refractivity contribution >= 4 is 17.6 Å². The second-order valence-electron chi connectivity index (χ2n) is 4.77. The van der Waals surface area contributed by atoms with Crippen molar-refractivity contribution in [3.63, 3.8) is 0 Å². The Balaban J connectivity index is 0.000000205. The zero-order valence-electron chi connectivity index (χ0n) is 12.0. The topological polar surface area (TPSA) is 17.8 Å². The van der Waals surface area contributed by atoms with Gasteiger partial charge in [0.05, 0.1) is 6.33 Å². The first-order chi connectivity index (χ1) is 9.77. The minimum absolute atomic E-state index is 0.484. The van der Waals surface area contributed by atoms with E-state index in [9.17, 15) is 0 Å². The van der Waals surface area contributed by atoms with Crippen molar-refractivity contribution in [2.75, 3.05) is 0 Å². The molecule has 1 aromatic heterocycles. The summed E-state index contributed by atoms with van der Waals surface area (Å²) in [5.74, 6) is 0. The molecule has 100 valence electrons. The van der Waals surface area contributed by atoms with Crippen LogP contribution in [0.4, 0.5) is 0 Å². The third-order valence-corrected chi connectivity index (χ3v) is 3.24. The van der Waals surface area contributed by atoms with E-state index in [2.05, 4.69) is 72.5 Å². The summed E-state index contributed by atoms with van der Waals surface area (Å²) in [5, 5.41) is 0. The molecule has 2 aromatic carbocycles. The smallest absolute Gasteiger partial charge is 0.206 e. The zero-order valence-corrected chi connectivity index (χ0v) is 12.0. The van der Waals surface area contributed by atoms with Gasteiger partial charge in [0.2, 0.25) is 6.71 Å². The maximum Gasteiger partial charge on any atom is 0.206 e. The highest BCUT2D eigenvalue weighted by atomic mass is 15.0. The second kappa shape index (κ2) is 7.34. The summed E-state index contributed by atoms with van der Waals surface area (Å²) in [5.41, 5.74) is 2.75. The summed E-state index contributed by atoms with van der Waals surface area (Å²) >= 11 is 0. The summed E-state index contributed by atoms with van der Waals surface area (Å²) in [6.45, 7) is 2.72. The number of benzene rings is 2. The van der Waals surface area contributed by atoms with E-state index in [1.54, 1.807) is 12.5 Å². The van der Waals surface area contributed by atoms with Gasteiger partial charge in [0.25, 0.3) is 0 Å². The van der Waals surface area contributed by atoms with Crippen molar-refractivity contribution in [2.24, 2.45) is 7.05 Å². The molecule has 1 heterocycles. The predicted octanol–water partition coefficient (Wildman–Crippen LogP) is 2.35. The molecule has 0 bridgehead atoms. The third kappa shape index (κ3) is 4.13. The van der Waals surface area contributed by atoms with Crippen LogP contribution in [-0.2, 0) is 7.05 Å². The van der Waals surface area contributed by atoms with Crippen LogP contribution in [0, 0.1) is 0 Å². The number of rotatable bonds is 2. The SMILES string of the molecule is CB(c1ccccc1)c1ccccc1.Cn1ccnc1. The first kappa shape index (κ1) is 14.1. The summed E-state index contributed by atoms with van der Waals surface area (Å²) in [4.78, 5) is 3.78. The zero-order chi connectivity index (χ0) is 14.2. The van der Waals surface area contributed by atoms with Crippen LogP contribution in [0.3, 0.4) is 0 Å². The molecule has 0 N–H and O–H groups in total. The molecule has 0 aliphatic rings. The molecule has 0 aliphatic heterocycles. The van der Waals surface area contributed by atoms with Crippen LogP contribution in [0.15, 0.2) is 79.4 Å². The molecule has 0 saturated heterocycles. The molecular formula is C17H19BN2. The maximum absolute atomic E-state index is 3.78. The number of hydrogen-bond donors (Lipinski definition) is 0. The Bertz CT molecular complexity index is 552. The number of aryl methyl sites for hydroxylation is 1. The molecule has 0 aliphatic carbocycles. The standard InChI is InChI=1S/C13H13B.C4H6N2/c1-14(12-8-4-2-5-9-12)13-10-6-3-7-11-13;1-6-3-2-5-4-6/h2-11H,1H3;2-4H,1H3. The highest BCUT2D eigenvalue weighted by molar-refractivity contribution is 6.84. The lowest BCUT2D eigenvalue weighted by Crippen LogP contribution is -2.38. The average Bonchev–Trinajstić information content (AvgIpc) is 3.00. The van der Waals surface area contributed by atoms with E-state index in [0.29, 0.717) is 6.71 Å². The van der Waals surface area contributed by atoms with Gasteiger partial charge < -0.3 is 4.57 Å². The van der Waals surface area contributed by atoms with E-state index in [-0.39, 0.29) is 0 Å². The molecule has 3 heteroatoms. The fraction of sp³-hybridized carbons (Fsp3) is 0.118. The summed E-state index contributed by atoms with van der Waals surface area (Å²) < 4.78 is 1.89. The van der Waals surface area contributed by atoms with E-state index >= 15 is 0 Å². The molecule has 0 spiro atoms. The largest absolute Gasteiger partial charge is 0.341 e. The van der Waals surface area contributed by atoms with Crippen molar-refractivity contribution in [1.29, 1.82) is 0 Å². The van der Waals surface area contributed by atoms with Crippen molar-refractivity contribution in [2.45, 2.75) is 6.82 Å². The van der Waals surface area contributed by atoms with Gasteiger partial charge in [0, 0.05) is 19.4 Å². The van der Waals surface area contributed by atoms with Crippen LogP contribution in [0.1, 0.15) is 0 Å². The molecule has 0 radical (unpaired) electrons. The fourth-order valence-corrected chi connectivity index (χ4v) is 2.00. The van der Waals surface area contributed by atoms with Crippen molar-refractivity contribution in [3.05, 3.63) is 79.4 Å². The van der Waals surface area contributed by atoms with Crippen molar-refractivity contribution in [3.8, 4) is 0 Å². The Labute approximate surface area is 121 Å². The van der Waals surface area contributed by atoms with Crippen LogP contribution in [-0.4, -0.2) is 16.3 Å². The quantitative estimate of drug-likeness (QED) is 0.648. The highest BCUT2D eigenvalue weighted by Crippen LogP contribution is 1.91. The normalized spacial score (nSPS) is 9.50. The summed E-state index contributed by atoms with van der Waals surface area (Å²) in [7, 11) is 1.94. The predicted molar refractivity (Wildman–Crippen MR) is 87.0 cm³/mol. The van der Waals surface area contributed by atoms with Crippen LogP contribution in [0.5, 0.6) is 0 Å². The van der Waals surface area contributed by atoms with Crippen LogP contribution in [0.25, 0.3) is 0 Å². The molecule has 2 nitrogen and oxygen atoms in total. The first-order valence-corrected chi connectivity index (χ1v) is 6.79. The molecular weight excluding hydrogens is 243 g/mol. The number of nitrogens with zero attached hydrogens (tertiary/aromatic N) is 2. The second-order valence-corrected chi connectivity index (χ2v) is 4.77. The number of imidazole rings is 1. The monoisotopic (exact) mass is 262 g/mol. The highest BCUT2D eigenvalue weighted by Gasteiger charge is 2.10. The lowest BCUT2D eigenvalue weighted by atomic mass is 9.43. The van der Waals surface area contributed by atoms with Gasteiger partial charge in [0.15, 0.2) is 0 Å². The summed E-state index contributed by atoms with van der Waals surface area (Å²) in [6, 6.07) is 21.2. The van der Waals surface area contributed by atoms with Gasteiger partial charge in [-0.15, -0.1) is 0 Å².